The molecule has 218 valence electrons. The minimum atomic E-state index is -1.36. The van der Waals surface area contributed by atoms with Crippen LogP contribution >= 0.6 is 36.0 Å². The van der Waals surface area contributed by atoms with Crippen molar-refractivity contribution in [2.24, 2.45) is 28.2 Å². The van der Waals surface area contributed by atoms with Gasteiger partial charge in [0.05, 0.1) is 40.8 Å². The number of benzene rings is 2. The van der Waals surface area contributed by atoms with E-state index in [1.807, 2.05) is 0 Å². The molecule has 0 fully saturated rings. The van der Waals surface area contributed by atoms with Gasteiger partial charge in [0.2, 0.25) is 11.8 Å². The molecule has 14 heteroatoms. The average molecular weight is 628 g/mol. The van der Waals surface area contributed by atoms with E-state index in [1.165, 1.54) is 56.6 Å². The van der Waals surface area contributed by atoms with Crippen molar-refractivity contribution in [1.82, 2.24) is 18.3 Å². The summed E-state index contributed by atoms with van der Waals surface area (Å²) in [6.45, 7) is -0.00247. The Hall–Kier alpha value is -4.38. The summed E-state index contributed by atoms with van der Waals surface area (Å²) in [4.78, 5) is 27.3. The first-order valence-electron chi connectivity index (χ1n) is 12.3. The number of hydrogen-bond donors (Lipinski definition) is 2. The molecule has 0 atom stereocenters. The molecule has 2 heterocycles. The number of hydrogen-bond acceptors (Lipinski definition) is 9. The monoisotopic (exact) mass is 627 g/mol. The quantitative estimate of drug-likeness (QED) is 0.292. The van der Waals surface area contributed by atoms with Crippen molar-refractivity contribution in [3.05, 3.63) is 99.5 Å². The van der Waals surface area contributed by atoms with Gasteiger partial charge in [0, 0.05) is 33.8 Å². The zero-order valence-electron chi connectivity index (χ0n) is 23.2. The SMILES string of the molecule is COc1cc(C(c2c(O)n(C)c(=S)n(C)c2=O)c2c(O)n(C)c(=S)n(C)c2=O)cc(Cl)c1OCc1ccccc1C#N. The Kier molecular flexibility index (Phi) is 8.63. The summed E-state index contributed by atoms with van der Waals surface area (Å²) in [6.07, 6.45) is 0. The lowest BCUT2D eigenvalue weighted by molar-refractivity contribution is 0.284. The molecule has 0 unspecified atom stereocenters. The van der Waals surface area contributed by atoms with Crippen LogP contribution in [0.3, 0.4) is 0 Å². The molecule has 0 amide bonds. The first-order valence-corrected chi connectivity index (χ1v) is 13.5. The van der Waals surface area contributed by atoms with E-state index < -0.39 is 28.8 Å². The van der Waals surface area contributed by atoms with Gasteiger partial charge in [-0.2, -0.15) is 5.26 Å². The van der Waals surface area contributed by atoms with Crippen LogP contribution < -0.4 is 20.6 Å². The standard InChI is InChI=1S/C28H26ClN5O6S2/c1-31-23(35)20(24(36)32(2)27(31)41)19(21-25(37)33(3)28(42)34(4)26(21)38)16-10-17(29)22(18(11-16)39-5)40-13-15-9-7-6-8-14(15)12-30/h6-11,19,35,37H,13H2,1-5H3. The summed E-state index contributed by atoms with van der Waals surface area (Å²) >= 11 is 17.3. The van der Waals surface area contributed by atoms with Crippen LogP contribution in [-0.4, -0.2) is 35.6 Å². The van der Waals surface area contributed by atoms with E-state index in [-0.39, 0.29) is 49.4 Å². The van der Waals surface area contributed by atoms with Crippen LogP contribution in [0.1, 0.15) is 33.7 Å². The second kappa shape index (κ2) is 11.8. The summed E-state index contributed by atoms with van der Waals surface area (Å²) in [7, 11) is 7.17. The number of aromatic hydroxyl groups is 2. The highest BCUT2D eigenvalue weighted by Crippen LogP contribution is 2.43. The lowest BCUT2D eigenvalue weighted by Gasteiger charge is -2.24. The van der Waals surface area contributed by atoms with Gasteiger partial charge in [0.25, 0.3) is 11.1 Å². The maximum atomic E-state index is 13.6. The maximum Gasteiger partial charge on any atom is 0.262 e. The second-order valence-electron chi connectivity index (χ2n) is 9.41. The predicted octanol–water partition coefficient (Wildman–Crippen LogP) is 3.92. The minimum absolute atomic E-state index is 0.00247. The number of aromatic nitrogens is 4. The largest absolute Gasteiger partial charge is 0.494 e. The van der Waals surface area contributed by atoms with Gasteiger partial charge in [-0.05, 0) is 48.2 Å². The summed E-state index contributed by atoms with van der Waals surface area (Å²) in [5, 5.41) is 31.9. The Morgan fingerprint density at radius 1 is 0.929 bits per heavy atom. The van der Waals surface area contributed by atoms with E-state index >= 15 is 0 Å². The summed E-state index contributed by atoms with van der Waals surface area (Å²) in [6, 6.07) is 12.0. The van der Waals surface area contributed by atoms with Crippen molar-refractivity contribution in [1.29, 1.82) is 5.26 Å². The third-order valence-corrected chi connectivity index (χ3v) is 8.38. The van der Waals surface area contributed by atoms with E-state index in [2.05, 4.69) is 6.07 Å². The molecule has 0 saturated carbocycles. The fraction of sp³-hybridized carbons (Fsp3) is 0.250. The molecule has 0 spiro atoms. The van der Waals surface area contributed by atoms with Crippen LogP contribution in [0.25, 0.3) is 0 Å². The normalized spacial score (nSPS) is 11.0. The molecule has 42 heavy (non-hydrogen) atoms. The van der Waals surface area contributed by atoms with E-state index in [9.17, 15) is 25.1 Å². The van der Waals surface area contributed by atoms with Gasteiger partial charge in [0.1, 0.15) is 6.61 Å². The number of nitriles is 1. The van der Waals surface area contributed by atoms with Crippen LogP contribution in [0, 0.1) is 20.9 Å². The van der Waals surface area contributed by atoms with Crippen molar-refractivity contribution < 1.29 is 19.7 Å². The molecule has 2 N–H and O–H groups in total. The maximum absolute atomic E-state index is 13.6. The van der Waals surface area contributed by atoms with Crippen LogP contribution in [0.4, 0.5) is 0 Å². The molecule has 0 radical (unpaired) electrons. The van der Waals surface area contributed by atoms with Crippen molar-refractivity contribution in [3.63, 3.8) is 0 Å². The van der Waals surface area contributed by atoms with Gasteiger partial charge < -0.3 is 19.7 Å². The molecule has 0 aliphatic heterocycles. The van der Waals surface area contributed by atoms with Crippen LogP contribution in [0.15, 0.2) is 46.0 Å². The highest BCUT2D eigenvalue weighted by atomic mass is 35.5. The third-order valence-electron chi connectivity index (χ3n) is 7.01. The van der Waals surface area contributed by atoms with Gasteiger partial charge in [-0.25, -0.2) is 0 Å². The number of ether oxygens (including phenoxy) is 2. The predicted molar refractivity (Wildman–Crippen MR) is 161 cm³/mol. The van der Waals surface area contributed by atoms with Crippen molar-refractivity contribution in [2.45, 2.75) is 12.5 Å². The topological polar surface area (TPSA) is 137 Å². The Morgan fingerprint density at radius 2 is 1.45 bits per heavy atom. The average Bonchev–Trinajstić information content (AvgIpc) is 2.99. The van der Waals surface area contributed by atoms with E-state index in [4.69, 9.17) is 45.5 Å². The van der Waals surface area contributed by atoms with Gasteiger partial charge >= 0.3 is 0 Å². The molecular weight excluding hydrogens is 602 g/mol. The van der Waals surface area contributed by atoms with Crippen LogP contribution in [0.2, 0.25) is 5.02 Å². The minimum Gasteiger partial charge on any atom is -0.494 e. The van der Waals surface area contributed by atoms with Crippen molar-refractivity contribution in [2.75, 3.05) is 7.11 Å². The summed E-state index contributed by atoms with van der Waals surface area (Å²) < 4.78 is 16.3. The van der Waals surface area contributed by atoms with Gasteiger partial charge in [-0.3, -0.25) is 27.9 Å². The summed E-state index contributed by atoms with van der Waals surface area (Å²) in [5.74, 6) is -2.10. The fourth-order valence-electron chi connectivity index (χ4n) is 4.65. The van der Waals surface area contributed by atoms with E-state index in [0.29, 0.717) is 11.1 Å². The van der Waals surface area contributed by atoms with Crippen molar-refractivity contribution >= 4 is 36.0 Å². The lowest BCUT2D eigenvalue weighted by Crippen LogP contribution is -2.33. The molecule has 2 aromatic carbocycles. The number of nitrogens with zero attached hydrogens (tertiary/aromatic N) is 5. The molecule has 11 nitrogen and oxygen atoms in total. The Labute approximate surface area is 255 Å². The zero-order chi connectivity index (χ0) is 31.0. The number of methoxy groups -OCH3 is 1. The van der Waals surface area contributed by atoms with E-state index in [0.717, 1.165) is 9.13 Å². The molecule has 0 bridgehead atoms. The highest BCUT2D eigenvalue weighted by Gasteiger charge is 2.33. The summed E-state index contributed by atoms with van der Waals surface area (Å²) in [5.41, 5.74) is -0.615. The molecule has 4 rings (SSSR count). The van der Waals surface area contributed by atoms with Crippen LogP contribution in [0.5, 0.6) is 23.3 Å². The Bertz CT molecular complexity index is 1940. The molecule has 4 aromatic rings. The smallest absolute Gasteiger partial charge is 0.262 e. The van der Waals surface area contributed by atoms with Gasteiger partial charge in [-0.15, -0.1) is 0 Å². The first kappa shape index (κ1) is 30.6. The fourth-order valence-corrected chi connectivity index (χ4v) is 5.27. The third kappa shape index (κ3) is 5.09. The van der Waals surface area contributed by atoms with Crippen LogP contribution in [-0.2, 0) is 34.8 Å². The van der Waals surface area contributed by atoms with E-state index in [1.54, 1.807) is 24.3 Å². The second-order valence-corrected chi connectivity index (χ2v) is 10.5. The molecule has 0 saturated heterocycles. The Balaban J connectivity index is 2.03. The first-order chi connectivity index (χ1) is 19.8. The zero-order valence-corrected chi connectivity index (χ0v) is 25.6. The molecule has 0 aliphatic rings. The highest BCUT2D eigenvalue weighted by molar-refractivity contribution is 7.71. The Morgan fingerprint density at radius 3 is 1.95 bits per heavy atom. The molecule has 0 aliphatic carbocycles. The number of rotatable bonds is 7. The van der Waals surface area contributed by atoms with Gasteiger partial charge in [0.15, 0.2) is 21.0 Å². The van der Waals surface area contributed by atoms with Crippen molar-refractivity contribution in [3.8, 4) is 29.3 Å². The molecular formula is C28H26ClN5O6S2. The molecule has 2 aromatic heterocycles. The lowest BCUT2D eigenvalue weighted by atomic mass is 9.86. The number of halogens is 1. The van der Waals surface area contributed by atoms with Gasteiger partial charge in [-0.1, -0.05) is 29.8 Å².